The summed E-state index contributed by atoms with van der Waals surface area (Å²) in [6, 6.07) is 8.55. The number of nitrogens with zero attached hydrogens (tertiary/aromatic N) is 3. The molecule has 0 saturated heterocycles. The Morgan fingerprint density at radius 1 is 1.12 bits per heavy atom. The number of furan rings is 1. The van der Waals surface area contributed by atoms with Crippen molar-refractivity contribution in [2.45, 2.75) is 20.8 Å². The number of hydrogen-bond acceptors (Lipinski definition) is 3. The summed E-state index contributed by atoms with van der Waals surface area (Å²) in [6.07, 6.45) is 4.26. The predicted molar refractivity (Wildman–Crippen MR) is 97.0 cm³/mol. The van der Waals surface area contributed by atoms with Gasteiger partial charge >= 0.3 is 6.85 Å². The third kappa shape index (κ3) is 2.15. The summed E-state index contributed by atoms with van der Waals surface area (Å²) in [6.45, 7) is 6.49. The first kappa shape index (κ1) is 15.0. The molecule has 0 spiro atoms. The molecule has 120 valence electrons. The molecule has 0 fully saturated rings. The van der Waals surface area contributed by atoms with Gasteiger partial charge in [-0.1, -0.05) is 5.47 Å². The number of rotatable bonds is 1. The van der Waals surface area contributed by atoms with E-state index in [0.717, 1.165) is 22.2 Å². The Kier molecular flexibility index (Phi) is 3.27. The number of hydrogen-bond donors (Lipinski definition) is 0. The van der Waals surface area contributed by atoms with Crippen molar-refractivity contribution in [3.63, 3.8) is 0 Å². The highest BCUT2D eigenvalue weighted by Gasteiger charge is 2.35. The maximum absolute atomic E-state index is 6.01. The van der Waals surface area contributed by atoms with Crippen molar-refractivity contribution < 1.29 is 8.98 Å². The van der Waals surface area contributed by atoms with Gasteiger partial charge in [-0.2, -0.15) is 0 Å². The maximum Gasteiger partial charge on any atom is 0.399 e. The van der Waals surface area contributed by atoms with Gasteiger partial charge in [0.05, 0.1) is 0 Å². The lowest BCUT2D eigenvalue weighted by molar-refractivity contribution is -0.654. The monoisotopic (exact) mass is 318 g/mol. The van der Waals surface area contributed by atoms with Gasteiger partial charge < -0.3 is 9.23 Å². The molecule has 1 aliphatic rings. The van der Waals surface area contributed by atoms with Crippen LogP contribution in [0.4, 0.5) is 0 Å². The third-order valence-electron chi connectivity index (χ3n) is 4.86. The third-order valence-corrected chi connectivity index (χ3v) is 4.86. The average Bonchev–Trinajstić information content (AvgIpc) is 2.86. The molecule has 0 aliphatic carbocycles. The molecule has 5 heteroatoms. The Morgan fingerprint density at radius 2 is 1.92 bits per heavy atom. The molecule has 0 aromatic carbocycles. The fourth-order valence-corrected chi connectivity index (χ4v) is 3.76. The van der Waals surface area contributed by atoms with Gasteiger partial charge in [0.1, 0.15) is 7.05 Å². The van der Waals surface area contributed by atoms with Gasteiger partial charge in [-0.25, -0.2) is 9.55 Å². The van der Waals surface area contributed by atoms with Gasteiger partial charge in [0.25, 0.3) is 0 Å². The molecule has 24 heavy (non-hydrogen) atoms. The van der Waals surface area contributed by atoms with E-state index in [1.807, 2.05) is 13.0 Å². The minimum Gasteiger partial charge on any atom is -0.436 e. The van der Waals surface area contributed by atoms with Crippen LogP contribution in [-0.4, -0.2) is 23.7 Å². The lowest BCUT2D eigenvalue weighted by Crippen LogP contribution is -2.62. The molecule has 0 unspecified atom stereocenters. The lowest BCUT2D eigenvalue weighted by atomic mass is 9.50. The van der Waals surface area contributed by atoms with Gasteiger partial charge in [-0.3, -0.25) is 0 Å². The van der Waals surface area contributed by atoms with Crippen LogP contribution in [0.15, 0.2) is 34.9 Å². The van der Waals surface area contributed by atoms with Crippen molar-refractivity contribution in [3.05, 3.63) is 52.4 Å². The molecule has 0 atom stereocenters. The molecule has 1 aliphatic heterocycles. The normalized spacial score (nSPS) is 14.1. The summed E-state index contributed by atoms with van der Waals surface area (Å²) >= 11 is 0. The summed E-state index contributed by atoms with van der Waals surface area (Å²) in [5.74, 6) is 0. The smallest absolute Gasteiger partial charge is 0.399 e. The fourth-order valence-electron chi connectivity index (χ4n) is 3.76. The summed E-state index contributed by atoms with van der Waals surface area (Å²) in [7, 11) is 4.21. The van der Waals surface area contributed by atoms with E-state index in [0.29, 0.717) is 0 Å². The van der Waals surface area contributed by atoms with Crippen LogP contribution in [0.2, 0.25) is 0 Å². The summed E-state index contributed by atoms with van der Waals surface area (Å²) in [4.78, 5) is 6.76. The van der Waals surface area contributed by atoms with Crippen LogP contribution in [0.5, 0.6) is 0 Å². The van der Waals surface area contributed by atoms with Crippen molar-refractivity contribution in [2.24, 2.45) is 7.05 Å². The van der Waals surface area contributed by atoms with Gasteiger partial charge in [0.15, 0.2) is 17.2 Å². The second-order valence-electron chi connectivity index (χ2n) is 6.77. The number of fused-ring (bicyclic) bond motifs is 3. The van der Waals surface area contributed by atoms with E-state index in [4.69, 9.17) is 4.42 Å². The molecule has 3 aromatic heterocycles. The summed E-state index contributed by atoms with van der Waals surface area (Å²) in [5, 5.41) is 2.28. The second kappa shape index (κ2) is 5.23. The van der Waals surface area contributed by atoms with Crippen LogP contribution in [0, 0.1) is 13.8 Å². The second-order valence-corrected chi connectivity index (χ2v) is 6.77. The molecule has 0 amide bonds. The number of pyridine rings is 2. The van der Waals surface area contributed by atoms with Gasteiger partial charge in [-0.05, 0) is 52.1 Å². The lowest BCUT2D eigenvalue weighted by Gasteiger charge is -2.24. The molecule has 0 bridgehead atoms. The van der Waals surface area contributed by atoms with E-state index < -0.39 is 0 Å². The molecular formula is C19H21BN3O+. The summed E-state index contributed by atoms with van der Waals surface area (Å²) in [5.41, 5.74) is 6.40. The minimum atomic E-state index is 0.185. The van der Waals surface area contributed by atoms with E-state index in [-0.39, 0.29) is 6.85 Å². The number of aromatic nitrogens is 2. The van der Waals surface area contributed by atoms with Crippen LogP contribution in [-0.2, 0) is 7.05 Å². The predicted octanol–water partition coefficient (Wildman–Crippen LogP) is 0.561. The molecule has 3 aromatic rings. The SMILES string of the molecule is CC1=c2c(oc3nc(C)ccc23)=CN(C)B1c1ccc(C)c[n+]1C. The number of aryl methyl sites for hydroxylation is 3. The van der Waals surface area contributed by atoms with Crippen molar-refractivity contribution in [2.75, 3.05) is 7.05 Å². The highest BCUT2D eigenvalue weighted by atomic mass is 16.3. The van der Waals surface area contributed by atoms with Gasteiger partial charge in [0.2, 0.25) is 5.71 Å². The zero-order valence-electron chi connectivity index (χ0n) is 14.8. The van der Waals surface area contributed by atoms with Crippen LogP contribution in [0.25, 0.3) is 22.8 Å². The topological polar surface area (TPSA) is 33.2 Å². The van der Waals surface area contributed by atoms with Crippen LogP contribution < -0.4 is 20.8 Å². The van der Waals surface area contributed by atoms with Crippen LogP contribution in [0.3, 0.4) is 0 Å². The first-order valence-corrected chi connectivity index (χ1v) is 8.22. The van der Waals surface area contributed by atoms with E-state index in [2.05, 4.69) is 72.9 Å². The van der Waals surface area contributed by atoms with E-state index in [1.165, 1.54) is 21.8 Å². The fraction of sp³-hybridized carbons (Fsp3) is 0.263. The average molecular weight is 318 g/mol. The zero-order valence-corrected chi connectivity index (χ0v) is 14.8. The zero-order chi connectivity index (χ0) is 17.0. The van der Waals surface area contributed by atoms with Crippen LogP contribution >= 0.6 is 0 Å². The van der Waals surface area contributed by atoms with Crippen molar-refractivity contribution in [1.29, 1.82) is 0 Å². The quantitative estimate of drug-likeness (QED) is 0.486. The summed E-state index contributed by atoms with van der Waals surface area (Å²) < 4.78 is 8.22. The maximum atomic E-state index is 6.01. The van der Waals surface area contributed by atoms with Gasteiger partial charge in [0, 0.05) is 28.1 Å². The van der Waals surface area contributed by atoms with E-state index >= 15 is 0 Å². The van der Waals surface area contributed by atoms with Crippen molar-refractivity contribution in [1.82, 2.24) is 9.79 Å². The molecular weight excluding hydrogens is 297 g/mol. The molecule has 0 saturated carbocycles. The molecule has 0 N–H and O–H groups in total. The highest BCUT2D eigenvalue weighted by Crippen LogP contribution is 2.13. The Balaban J connectivity index is 2.03. The Bertz CT molecular complexity index is 1080. The largest absolute Gasteiger partial charge is 0.436 e. The Labute approximate surface area is 141 Å². The van der Waals surface area contributed by atoms with E-state index in [9.17, 15) is 0 Å². The minimum absolute atomic E-state index is 0.185. The first-order chi connectivity index (χ1) is 11.5. The first-order valence-electron chi connectivity index (χ1n) is 8.22. The molecule has 4 nitrogen and oxygen atoms in total. The van der Waals surface area contributed by atoms with Crippen LogP contribution in [0.1, 0.15) is 18.2 Å². The van der Waals surface area contributed by atoms with Crippen molar-refractivity contribution in [3.8, 4) is 0 Å². The molecule has 4 heterocycles. The standard InChI is InChI=1S/C19H21BN3O/c1-12-6-9-17(22(4)10-12)20-14(3)18-15-8-7-13(2)21-19(15)24-16(18)11-23(20)5/h6-11H,1-5H3/q+1. The Hall–Kier alpha value is -2.56. The van der Waals surface area contributed by atoms with E-state index in [1.54, 1.807) is 0 Å². The highest BCUT2D eigenvalue weighted by molar-refractivity contribution is 6.85. The van der Waals surface area contributed by atoms with Gasteiger partial charge in [-0.15, -0.1) is 0 Å². The molecule has 0 radical (unpaired) electrons. The van der Waals surface area contributed by atoms with Crippen molar-refractivity contribution >= 4 is 35.2 Å². The molecule has 4 rings (SSSR count). The Morgan fingerprint density at radius 3 is 2.67 bits per heavy atom.